The van der Waals surface area contributed by atoms with Crippen molar-refractivity contribution >= 4 is 29.8 Å². The standard InChI is InChI=1S/C21H25N3O9/c1-6-23(7-2)19(26)14(11-22)8-13-9-15(24(29)30)17(25)16(10-13)32-21(28)33-18(12(3)4)20(27)31-5/h8-10,12,18,25H,6-7H2,1-5H3/b14-8+. The number of nitriles is 1. The molecule has 0 aliphatic heterocycles. The van der Waals surface area contributed by atoms with E-state index >= 15 is 0 Å². The van der Waals surface area contributed by atoms with Gasteiger partial charge in [0.15, 0.2) is 5.75 Å². The number of nitro benzene ring substituents is 1. The molecule has 1 aromatic carbocycles. The molecule has 1 atom stereocenters. The summed E-state index contributed by atoms with van der Waals surface area (Å²) in [6.07, 6.45) is -1.68. The van der Waals surface area contributed by atoms with E-state index in [1.54, 1.807) is 33.8 Å². The molecule has 1 unspecified atom stereocenters. The highest BCUT2D eigenvalue weighted by atomic mass is 16.7. The molecule has 0 bridgehead atoms. The molecule has 178 valence electrons. The topological polar surface area (TPSA) is 169 Å². The molecule has 1 aromatic rings. The van der Waals surface area contributed by atoms with Crippen molar-refractivity contribution in [3.8, 4) is 17.6 Å². The van der Waals surface area contributed by atoms with Crippen LogP contribution in [0.4, 0.5) is 10.5 Å². The van der Waals surface area contributed by atoms with Gasteiger partial charge in [-0.2, -0.15) is 5.26 Å². The number of phenolic OH excluding ortho intramolecular Hbond substituents is 1. The van der Waals surface area contributed by atoms with Crippen molar-refractivity contribution in [2.75, 3.05) is 20.2 Å². The molecule has 12 nitrogen and oxygen atoms in total. The van der Waals surface area contributed by atoms with Crippen LogP contribution in [0.3, 0.4) is 0 Å². The van der Waals surface area contributed by atoms with Crippen molar-refractivity contribution < 1.29 is 38.6 Å². The number of aromatic hydroxyl groups is 1. The van der Waals surface area contributed by atoms with Crippen LogP contribution in [0, 0.1) is 27.4 Å². The van der Waals surface area contributed by atoms with Crippen molar-refractivity contribution in [2.45, 2.75) is 33.8 Å². The van der Waals surface area contributed by atoms with E-state index in [2.05, 4.69) is 4.74 Å². The number of phenols is 1. The molecule has 12 heteroatoms. The normalized spacial score (nSPS) is 11.8. The molecule has 0 saturated carbocycles. The Morgan fingerprint density at radius 1 is 1.27 bits per heavy atom. The van der Waals surface area contributed by atoms with Crippen molar-refractivity contribution in [3.63, 3.8) is 0 Å². The SMILES string of the molecule is CCN(CC)C(=O)/C(C#N)=C/c1cc(OC(=O)OC(C(=O)OC)C(C)C)c(O)c([N+](=O)[O-])c1. The number of amides is 1. The number of ether oxygens (including phenoxy) is 3. The zero-order chi connectivity index (χ0) is 25.3. The van der Waals surface area contributed by atoms with Crippen molar-refractivity contribution in [1.82, 2.24) is 4.90 Å². The van der Waals surface area contributed by atoms with Crippen LogP contribution >= 0.6 is 0 Å². The lowest BCUT2D eigenvalue weighted by molar-refractivity contribution is -0.385. The Morgan fingerprint density at radius 3 is 2.33 bits per heavy atom. The number of nitro groups is 1. The molecular weight excluding hydrogens is 438 g/mol. The van der Waals surface area contributed by atoms with E-state index in [1.165, 1.54) is 4.90 Å². The largest absolute Gasteiger partial charge is 0.514 e. The smallest absolute Gasteiger partial charge is 0.499 e. The van der Waals surface area contributed by atoms with Gasteiger partial charge in [-0.1, -0.05) is 13.8 Å². The van der Waals surface area contributed by atoms with Crippen LogP contribution in [0.5, 0.6) is 11.5 Å². The lowest BCUT2D eigenvalue weighted by atomic mass is 10.1. The van der Waals surface area contributed by atoms with Gasteiger partial charge in [0, 0.05) is 25.1 Å². The lowest BCUT2D eigenvalue weighted by Gasteiger charge is -2.18. The predicted molar refractivity (Wildman–Crippen MR) is 114 cm³/mol. The zero-order valence-corrected chi connectivity index (χ0v) is 18.9. The van der Waals surface area contributed by atoms with Crippen LogP contribution in [-0.2, 0) is 19.1 Å². The number of hydrogen-bond donors (Lipinski definition) is 1. The van der Waals surface area contributed by atoms with Crippen molar-refractivity contribution in [3.05, 3.63) is 33.4 Å². The first kappa shape index (κ1) is 26.9. The first-order chi connectivity index (χ1) is 15.5. The second-order valence-electron chi connectivity index (χ2n) is 6.95. The average Bonchev–Trinajstić information content (AvgIpc) is 2.77. The Balaban J connectivity index is 3.39. The minimum Gasteiger partial charge on any atom is -0.499 e. The van der Waals surface area contributed by atoms with E-state index < -0.39 is 52.2 Å². The summed E-state index contributed by atoms with van der Waals surface area (Å²) >= 11 is 0. The van der Waals surface area contributed by atoms with Gasteiger partial charge < -0.3 is 24.2 Å². The number of hydrogen-bond acceptors (Lipinski definition) is 10. The van der Waals surface area contributed by atoms with Gasteiger partial charge in [-0.3, -0.25) is 14.9 Å². The average molecular weight is 463 g/mol. The van der Waals surface area contributed by atoms with Crippen LogP contribution < -0.4 is 4.74 Å². The Morgan fingerprint density at radius 2 is 1.88 bits per heavy atom. The number of likely N-dealkylation sites (N-methyl/N-ethyl adjacent to an activating group) is 1. The summed E-state index contributed by atoms with van der Waals surface area (Å²) in [4.78, 5) is 48.2. The van der Waals surface area contributed by atoms with E-state index in [1.807, 2.05) is 0 Å². The number of nitrogens with zero attached hydrogens (tertiary/aromatic N) is 3. The fraction of sp³-hybridized carbons (Fsp3) is 0.429. The fourth-order valence-corrected chi connectivity index (χ4v) is 2.69. The molecule has 1 amide bonds. The monoisotopic (exact) mass is 463 g/mol. The first-order valence-corrected chi connectivity index (χ1v) is 9.89. The van der Waals surface area contributed by atoms with Gasteiger partial charge in [-0.05, 0) is 31.6 Å². The third-order valence-electron chi connectivity index (χ3n) is 4.44. The van der Waals surface area contributed by atoms with Crippen molar-refractivity contribution in [2.24, 2.45) is 5.92 Å². The van der Waals surface area contributed by atoms with Crippen LogP contribution in [0.25, 0.3) is 6.08 Å². The van der Waals surface area contributed by atoms with Crippen LogP contribution in [0.15, 0.2) is 17.7 Å². The van der Waals surface area contributed by atoms with Crippen LogP contribution in [0.1, 0.15) is 33.3 Å². The summed E-state index contributed by atoms with van der Waals surface area (Å²) in [7, 11) is 1.10. The molecule has 0 aromatic heterocycles. The molecule has 0 fully saturated rings. The number of carbonyl (C=O) groups is 3. The fourth-order valence-electron chi connectivity index (χ4n) is 2.69. The molecule has 0 radical (unpaired) electrons. The molecule has 0 aliphatic carbocycles. The van der Waals surface area contributed by atoms with E-state index in [0.29, 0.717) is 13.1 Å². The van der Waals surface area contributed by atoms with Gasteiger partial charge >= 0.3 is 17.8 Å². The second kappa shape index (κ2) is 12.0. The summed E-state index contributed by atoms with van der Waals surface area (Å²) in [5.41, 5.74) is -1.22. The van der Waals surface area contributed by atoms with E-state index in [0.717, 1.165) is 25.3 Å². The minimum atomic E-state index is -1.43. The maximum Gasteiger partial charge on any atom is 0.514 e. The molecule has 0 heterocycles. The summed E-state index contributed by atoms with van der Waals surface area (Å²) < 4.78 is 14.4. The molecule has 33 heavy (non-hydrogen) atoms. The Labute approximate surface area is 190 Å². The summed E-state index contributed by atoms with van der Waals surface area (Å²) in [6.45, 7) is 7.27. The Kier molecular flexibility index (Phi) is 9.81. The Hall–Kier alpha value is -4.14. The van der Waals surface area contributed by atoms with Gasteiger partial charge in [-0.15, -0.1) is 0 Å². The summed E-state index contributed by atoms with van der Waals surface area (Å²) in [5.74, 6) is -3.57. The molecule has 0 saturated heterocycles. The molecule has 0 aliphatic rings. The van der Waals surface area contributed by atoms with Crippen LogP contribution in [0.2, 0.25) is 0 Å². The third kappa shape index (κ3) is 6.93. The molecular formula is C21H25N3O9. The predicted octanol–water partition coefficient (Wildman–Crippen LogP) is 2.79. The Bertz CT molecular complexity index is 991. The summed E-state index contributed by atoms with van der Waals surface area (Å²) in [6, 6.07) is 3.66. The van der Waals surface area contributed by atoms with Gasteiger partial charge in [-0.25, -0.2) is 9.59 Å². The quantitative estimate of drug-likeness (QED) is 0.143. The zero-order valence-electron chi connectivity index (χ0n) is 18.9. The maximum absolute atomic E-state index is 12.5. The molecule has 1 N–H and O–H groups in total. The van der Waals surface area contributed by atoms with Gasteiger partial charge in [0.1, 0.15) is 11.6 Å². The van der Waals surface area contributed by atoms with Gasteiger partial charge in [0.25, 0.3) is 5.91 Å². The van der Waals surface area contributed by atoms with E-state index in [9.17, 15) is 34.9 Å². The number of methoxy groups -OCH3 is 1. The highest BCUT2D eigenvalue weighted by Gasteiger charge is 2.30. The van der Waals surface area contributed by atoms with Crippen molar-refractivity contribution in [1.29, 1.82) is 5.26 Å². The minimum absolute atomic E-state index is 0.0623. The number of benzene rings is 1. The lowest BCUT2D eigenvalue weighted by Crippen LogP contribution is -2.34. The van der Waals surface area contributed by atoms with Gasteiger partial charge in [0.2, 0.25) is 11.9 Å². The van der Waals surface area contributed by atoms with E-state index in [-0.39, 0.29) is 11.1 Å². The van der Waals surface area contributed by atoms with E-state index in [4.69, 9.17) is 9.47 Å². The number of rotatable bonds is 9. The highest BCUT2D eigenvalue weighted by molar-refractivity contribution is 6.01. The maximum atomic E-state index is 12.5. The highest BCUT2D eigenvalue weighted by Crippen LogP contribution is 2.38. The molecule has 0 spiro atoms. The van der Waals surface area contributed by atoms with Crippen LogP contribution in [-0.4, -0.2) is 59.3 Å². The second-order valence-corrected chi connectivity index (χ2v) is 6.95. The molecule has 1 rings (SSSR count). The summed E-state index contributed by atoms with van der Waals surface area (Å²) in [5, 5.41) is 30.9. The van der Waals surface area contributed by atoms with Gasteiger partial charge in [0.05, 0.1) is 12.0 Å². The first-order valence-electron chi connectivity index (χ1n) is 9.89. The number of esters is 1. The third-order valence-corrected chi connectivity index (χ3v) is 4.44. The number of carbonyl (C=O) groups excluding carboxylic acids is 3.